The van der Waals surface area contributed by atoms with Crippen molar-refractivity contribution in [3.63, 3.8) is 0 Å². The van der Waals surface area contributed by atoms with Crippen molar-refractivity contribution >= 4 is 39.4 Å². The Morgan fingerprint density at radius 1 is 1.27 bits per heavy atom. The number of carbonyl (C=O) groups excluding carboxylic acids is 1. The summed E-state index contributed by atoms with van der Waals surface area (Å²) >= 11 is 0. The first-order valence-electron chi connectivity index (χ1n) is 15.3. The monoisotopic (exact) mass is 612 g/mol. The maximum atomic E-state index is 11.6. The highest BCUT2D eigenvalue weighted by atomic mass is 28.4. The third-order valence-electron chi connectivity index (χ3n) is 9.35. The Balaban J connectivity index is 1.47. The first-order chi connectivity index (χ1) is 20.8. The van der Waals surface area contributed by atoms with Gasteiger partial charge in [-0.3, -0.25) is 0 Å². The van der Waals surface area contributed by atoms with Crippen molar-refractivity contribution in [2.24, 2.45) is 5.92 Å². The maximum Gasteiger partial charge on any atom is 0.329 e. The number of nitrogens with one attached hydrogen (secondary N) is 1. The summed E-state index contributed by atoms with van der Waals surface area (Å²) < 4.78 is 14.2. The summed E-state index contributed by atoms with van der Waals surface area (Å²) in [6.45, 7) is 18.7. The molecule has 1 aromatic carbocycles. The van der Waals surface area contributed by atoms with E-state index >= 15 is 0 Å². The lowest BCUT2D eigenvalue weighted by Gasteiger charge is -2.39. The molecule has 12 heteroatoms. The lowest BCUT2D eigenvalue weighted by molar-refractivity contribution is 0.0603. The number of hydrogen-bond donors (Lipinski definition) is 1. The molecule has 0 spiro atoms. The van der Waals surface area contributed by atoms with Gasteiger partial charge in [-0.2, -0.15) is 10.4 Å². The standard InChI is InChI=1S/C32H43BN7O3Si/c1-22-14-28(40(38-22)18-23-9-12-42-13-10-23)37-30-35-11-8-27(36-30)24-15-25(17-34)29-26(16-24)32(5,19-39(29)33-21-41)20-43-44(6,7)31(2,3)4/h8,11,14-16,21,23H,9-10,12-13,18-20H2,1-7H3,(H,35,36,37)/t32-/m1/s1. The van der Waals surface area contributed by atoms with Gasteiger partial charge in [-0.1, -0.05) is 27.7 Å². The van der Waals surface area contributed by atoms with Crippen LogP contribution in [0.15, 0.2) is 30.5 Å². The van der Waals surface area contributed by atoms with Gasteiger partial charge in [-0.05, 0) is 67.6 Å². The minimum Gasteiger partial charge on any atom is -0.416 e. The lowest BCUT2D eigenvalue weighted by Crippen LogP contribution is -2.46. The lowest BCUT2D eigenvalue weighted by atomic mass is 9.83. The highest BCUT2D eigenvalue weighted by Crippen LogP contribution is 2.46. The normalized spacial score (nSPS) is 19.0. The Labute approximate surface area is 262 Å². The highest BCUT2D eigenvalue weighted by molar-refractivity contribution is 6.74. The molecule has 1 radical (unpaired) electrons. The first-order valence-corrected chi connectivity index (χ1v) is 18.2. The number of fused-ring (bicyclic) bond motifs is 1. The van der Waals surface area contributed by atoms with Crippen LogP contribution in [-0.4, -0.2) is 68.0 Å². The van der Waals surface area contributed by atoms with Crippen LogP contribution in [0.4, 0.5) is 17.5 Å². The predicted octanol–water partition coefficient (Wildman–Crippen LogP) is 5.60. The van der Waals surface area contributed by atoms with Crippen molar-refractivity contribution in [2.75, 3.05) is 36.5 Å². The van der Waals surface area contributed by atoms with E-state index in [-0.39, 0.29) is 5.04 Å². The van der Waals surface area contributed by atoms with E-state index < -0.39 is 13.7 Å². The summed E-state index contributed by atoms with van der Waals surface area (Å²) in [6, 6.07) is 10.2. The Hall–Kier alpha value is -3.53. The number of rotatable bonds is 10. The van der Waals surface area contributed by atoms with E-state index in [4.69, 9.17) is 19.2 Å². The van der Waals surface area contributed by atoms with E-state index in [1.54, 1.807) is 6.20 Å². The van der Waals surface area contributed by atoms with Gasteiger partial charge in [0.25, 0.3) is 0 Å². The second-order valence-electron chi connectivity index (χ2n) is 13.9. The van der Waals surface area contributed by atoms with Crippen LogP contribution >= 0.6 is 0 Å². The summed E-state index contributed by atoms with van der Waals surface area (Å²) in [7, 11) is -0.539. The molecular formula is C32H43BN7O3Si. The van der Waals surface area contributed by atoms with E-state index in [1.807, 2.05) is 34.6 Å². The van der Waals surface area contributed by atoms with Gasteiger partial charge in [0.15, 0.2) is 8.32 Å². The number of anilines is 3. The smallest absolute Gasteiger partial charge is 0.329 e. The number of nitrogens with zero attached hydrogens (tertiary/aromatic N) is 6. The molecule has 44 heavy (non-hydrogen) atoms. The zero-order valence-corrected chi connectivity index (χ0v) is 28.0. The summed E-state index contributed by atoms with van der Waals surface area (Å²) in [5.41, 5.74) is 4.21. The van der Waals surface area contributed by atoms with Crippen LogP contribution in [0.2, 0.25) is 18.1 Å². The van der Waals surface area contributed by atoms with Gasteiger partial charge in [0.1, 0.15) is 18.1 Å². The molecule has 0 bridgehead atoms. The molecule has 1 saturated heterocycles. The third kappa shape index (κ3) is 6.60. The molecular weight excluding hydrogens is 569 g/mol. The molecule has 231 valence electrons. The number of hydrogen-bond acceptors (Lipinski definition) is 9. The molecule has 2 aliphatic heterocycles. The molecule has 0 saturated carbocycles. The van der Waals surface area contributed by atoms with Gasteiger partial charge in [0.05, 0.1) is 17.0 Å². The van der Waals surface area contributed by atoms with Crippen LogP contribution in [0.5, 0.6) is 0 Å². The first kappa shape index (κ1) is 31.9. The average Bonchev–Trinajstić information content (AvgIpc) is 3.47. The minimum absolute atomic E-state index is 0.0577. The third-order valence-corrected chi connectivity index (χ3v) is 13.8. The number of aryl methyl sites for hydroxylation is 1. The zero-order chi connectivity index (χ0) is 31.7. The quantitative estimate of drug-likeness (QED) is 0.231. The second kappa shape index (κ2) is 12.5. The molecule has 3 aromatic rings. The molecule has 2 aromatic heterocycles. The molecule has 0 aliphatic carbocycles. The summed E-state index contributed by atoms with van der Waals surface area (Å²) in [5, 5.41) is 18.4. The van der Waals surface area contributed by atoms with Crippen LogP contribution in [0.3, 0.4) is 0 Å². The van der Waals surface area contributed by atoms with Gasteiger partial charge in [0.2, 0.25) is 5.95 Å². The fourth-order valence-corrected chi connectivity index (χ4v) is 6.82. The van der Waals surface area contributed by atoms with Gasteiger partial charge >= 0.3 is 7.41 Å². The van der Waals surface area contributed by atoms with Crippen LogP contribution in [-0.2, 0) is 25.9 Å². The van der Waals surface area contributed by atoms with Crippen molar-refractivity contribution in [1.82, 2.24) is 19.7 Å². The molecule has 0 amide bonds. The maximum absolute atomic E-state index is 11.6. The largest absolute Gasteiger partial charge is 0.416 e. The van der Waals surface area contributed by atoms with E-state index in [0.717, 1.165) is 67.1 Å². The highest BCUT2D eigenvalue weighted by Gasteiger charge is 2.44. The van der Waals surface area contributed by atoms with Gasteiger partial charge in [-0.25, -0.2) is 14.6 Å². The van der Waals surface area contributed by atoms with Crippen molar-refractivity contribution in [3.05, 3.63) is 47.3 Å². The number of ether oxygens (including phenoxy) is 1. The van der Waals surface area contributed by atoms with Crippen molar-refractivity contribution in [1.29, 1.82) is 5.26 Å². The van der Waals surface area contributed by atoms with Crippen LogP contribution in [0, 0.1) is 24.2 Å². The second-order valence-corrected chi connectivity index (χ2v) is 18.7. The average molecular weight is 613 g/mol. The van der Waals surface area contributed by atoms with E-state index in [0.29, 0.717) is 36.3 Å². The Bertz CT molecular complexity index is 1560. The Morgan fingerprint density at radius 3 is 2.70 bits per heavy atom. The van der Waals surface area contributed by atoms with Crippen molar-refractivity contribution < 1.29 is 14.0 Å². The van der Waals surface area contributed by atoms with Crippen molar-refractivity contribution in [2.45, 2.75) is 77.6 Å². The van der Waals surface area contributed by atoms with E-state index in [2.05, 4.69) is 63.2 Å². The van der Waals surface area contributed by atoms with Crippen LogP contribution in [0.1, 0.15) is 57.4 Å². The van der Waals surface area contributed by atoms with E-state index in [9.17, 15) is 10.1 Å². The molecule has 1 atom stereocenters. The molecule has 1 N–H and O–H groups in total. The van der Waals surface area contributed by atoms with Crippen LogP contribution < -0.4 is 10.1 Å². The van der Waals surface area contributed by atoms with Gasteiger partial charge in [-0.15, -0.1) is 0 Å². The topological polar surface area (TPSA) is 118 Å². The van der Waals surface area contributed by atoms with Crippen molar-refractivity contribution in [3.8, 4) is 17.3 Å². The Kier molecular flexibility index (Phi) is 9.03. The molecule has 1 fully saturated rings. The van der Waals surface area contributed by atoms with Gasteiger partial charge in [0, 0.05) is 61.8 Å². The molecule has 0 unspecified atom stereocenters. The zero-order valence-electron chi connectivity index (χ0n) is 27.0. The fourth-order valence-electron chi connectivity index (χ4n) is 5.71. The molecule has 10 nitrogen and oxygen atoms in total. The molecule has 2 aliphatic rings. The number of nitriles is 1. The molecule has 5 rings (SSSR count). The predicted molar refractivity (Wildman–Crippen MR) is 176 cm³/mol. The van der Waals surface area contributed by atoms with Gasteiger partial charge < -0.3 is 24.1 Å². The summed E-state index contributed by atoms with van der Waals surface area (Å²) in [5.74, 6) is 1.81. The molecule has 4 heterocycles. The SMILES string of the molecule is Cc1cc(Nc2nccc(-c3cc(C#N)c4c(c3)[C@@](C)(CO[Si](C)(C)C(C)(C)C)CN4[B]C=O)n2)n(CC2CCOCC2)n1. The number of benzene rings is 1. The number of aromatic nitrogens is 4. The summed E-state index contributed by atoms with van der Waals surface area (Å²) in [4.78, 5) is 22.8. The summed E-state index contributed by atoms with van der Waals surface area (Å²) in [6.07, 6.45) is 4.54. The van der Waals surface area contributed by atoms with E-state index in [1.165, 1.54) is 7.41 Å². The minimum atomic E-state index is -2.05. The fraction of sp³-hybridized carbons (Fsp3) is 0.531. The number of carbonyl (C=O) groups is 1. The van der Waals surface area contributed by atoms with Crippen LogP contribution in [0.25, 0.3) is 11.3 Å². The Morgan fingerprint density at radius 2 is 2.02 bits per heavy atom.